The van der Waals surface area contributed by atoms with Gasteiger partial charge >= 0.3 is 0 Å². The zero-order valence-electron chi connectivity index (χ0n) is 15.0. The van der Waals surface area contributed by atoms with Crippen LogP contribution in [0.2, 0.25) is 5.02 Å². The number of carbonyl (C=O) groups is 1. The maximum atomic E-state index is 12.9. The fourth-order valence-electron chi connectivity index (χ4n) is 3.46. The molecule has 2 aromatic rings. The molecule has 25 heavy (non-hydrogen) atoms. The molecule has 1 amide bonds. The van der Waals surface area contributed by atoms with E-state index in [0.717, 1.165) is 60.9 Å². The molecule has 1 aliphatic heterocycles. The molecule has 0 spiro atoms. The normalized spacial score (nSPS) is 15.9. The van der Waals surface area contributed by atoms with E-state index in [0.29, 0.717) is 0 Å². The minimum absolute atomic E-state index is 0.153. The van der Waals surface area contributed by atoms with Crippen LogP contribution in [0.15, 0.2) is 42.5 Å². The van der Waals surface area contributed by atoms with Gasteiger partial charge in [-0.25, -0.2) is 0 Å². The monoisotopic (exact) mass is 356 g/mol. The summed E-state index contributed by atoms with van der Waals surface area (Å²) in [6.07, 6.45) is 1.00. The predicted molar refractivity (Wildman–Crippen MR) is 103 cm³/mol. The molecule has 1 fully saturated rings. The van der Waals surface area contributed by atoms with E-state index >= 15 is 0 Å². The highest BCUT2D eigenvalue weighted by Crippen LogP contribution is 2.16. The fraction of sp³-hybridized carbons (Fsp3) is 0.381. The number of benzene rings is 2. The minimum atomic E-state index is 0.153. The SMILES string of the molecule is Cc1cc(C)cc(C(=O)N2CCCN(Cc3ccc(Cl)cc3)CC2)c1. The van der Waals surface area contributed by atoms with Crippen LogP contribution >= 0.6 is 11.6 Å². The van der Waals surface area contributed by atoms with Crippen LogP contribution in [-0.2, 0) is 6.54 Å². The summed E-state index contributed by atoms with van der Waals surface area (Å²) < 4.78 is 0. The maximum absolute atomic E-state index is 12.9. The maximum Gasteiger partial charge on any atom is 0.253 e. The van der Waals surface area contributed by atoms with Crippen LogP contribution in [0.1, 0.15) is 33.5 Å². The quantitative estimate of drug-likeness (QED) is 0.818. The summed E-state index contributed by atoms with van der Waals surface area (Å²) in [5, 5.41) is 0.768. The topological polar surface area (TPSA) is 23.6 Å². The molecule has 4 heteroatoms. The van der Waals surface area contributed by atoms with Crippen molar-refractivity contribution in [2.45, 2.75) is 26.8 Å². The first-order valence-corrected chi connectivity index (χ1v) is 9.23. The molecule has 3 nitrogen and oxygen atoms in total. The molecule has 0 bridgehead atoms. The third-order valence-corrected chi connectivity index (χ3v) is 4.92. The Bertz CT molecular complexity index is 722. The lowest BCUT2D eigenvalue weighted by Gasteiger charge is -2.22. The van der Waals surface area contributed by atoms with E-state index in [1.165, 1.54) is 5.56 Å². The highest BCUT2D eigenvalue weighted by Gasteiger charge is 2.20. The Balaban J connectivity index is 1.62. The van der Waals surface area contributed by atoms with Crippen LogP contribution < -0.4 is 0 Å². The van der Waals surface area contributed by atoms with Gasteiger partial charge in [-0.1, -0.05) is 40.9 Å². The van der Waals surface area contributed by atoms with Crippen molar-refractivity contribution in [3.63, 3.8) is 0 Å². The summed E-state index contributed by atoms with van der Waals surface area (Å²) >= 11 is 5.96. The number of hydrogen-bond donors (Lipinski definition) is 0. The van der Waals surface area contributed by atoms with Crippen LogP contribution in [0.4, 0.5) is 0 Å². The molecular weight excluding hydrogens is 332 g/mol. The van der Waals surface area contributed by atoms with Crippen molar-refractivity contribution in [3.8, 4) is 0 Å². The zero-order chi connectivity index (χ0) is 17.8. The van der Waals surface area contributed by atoms with Gasteiger partial charge in [0.05, 0.1) is 0 Å². The van der Waals surface area contributed by atoms with Crippen molar-refractivity contribution in [2.24, 2.45) is 0 Å². The average molecular weight is 357 g/mol. The first-order chi connectivity index (χ1) is 12.0. The van der Waals surface area contributed by atoms with Crippen LogP contribution in [-0.4, -0.2) is 41.9 Å². The summed E-state index contributed by atoms with van der Waals surface area (Å²) in [5.41, 5.74) is 4.35. The Labute approximate surface area is 155 Å². The lowest BCUT2D eigenvalue weighted by molar-refractivity contribution is 0.0761. The molecule has 2 aromatic carbocycles. The van der Waals surface area contributed by atoms with Gasteiger partial charge in [-0.15, -0.1) is 0 Å². The summed E-state index contributed by atoms with van der Waals surface area (Å²) in [6.45, 7) is 8.50. The lowest BCUT2D eigenvalue weighted by atomic mass is 10.1. The Morgan fingerprint density at radius 2 is 1.64 bits per heavy atom. The molecule has 0 N–H and O–H groups in total. The van der Waals surface area contributed by atoms with Crippen LogP contribution in [0.25, 0.3) is 0 Å². The molecule has 0 saturated carbocycles. The van der Waals surface area contributed by atoms with E-state index in [1.807, 2.05) is 43.0 Å². The standard InChI is InChI=1S/C21H25ClN2O/c1-16-12-17(2)14-19(13-16)21(25)24-9-3-8-23(10-11-24)15-18-4-6-20(22)7-5-18/h4-7,12-14H,3,8-11,15H2,1-2H3. The Hall–Kier alpha value is -1.84. The van der Waals surface area contributed by atoms with Crippen molar-refractivity contribution >= 4 is 17.5 Å². The highest BCUT2D eigenvalue weighted by atomic mass is 35.5. The van der Waals surface area contributed by atoms with Crippen molar-refractivity contribution in [1.82, 2.24) is 9.80 Å². The predicted octanol–water partition coefficient (Wildman–Crippen LogP) is 4.30. The second kappa shape index (κ2) is 8.03. The third-order valence-electron chi connectivity index (χ3n) is 4.66. The first kappa shape index (κ1) is 18.0. The lowest BCUT2D eigenvalue weighted by Crippen LogP contribution is -2.35. The van der Waals surface area contributed by atoms with Crippen LogP contribution in [0.3, 0.4) is 0 Å². The van der Waals surface area contributed by atoms with Gasteiger partial charge in [0, 0.05) is 43.3 Å². The first-order valence-electron chi connectivity index (χ1n) is 8.85. The molecule has 1 saturated heterocycles. The summed E-state index contributed by atoms with van der Waals surface area (Å²) in [4.78, 5) is 17.3. The Morgan fingerprint density at radius 3 is 2.32 bits per heavy atom. The molecule has 0 aliphatic carbocycles. The van der Waals surface area contributed by atoms with Crippen molar-refractivity contribution in [2.75, 3.05) is 26.2 Å². The number of aryl methyl sites for hydroxylation is 2. The molecule has 0 aromatic heterocycles. The second-order valence-electron chi connectivity index (χ2n) is 6.92. The number of carbonyl (C=O) groups excluding carboxylic acids is 1. The number of rotatable bonds is 3. The Morgan fingerprint density at radius 1 is 0.960 bits per heavy atom. The van der Waals surface area contributed by atoms with E-state index in [-0.39, 0.29) is 5.91 Å². The zero-order valence-corrected chi connectivity index (χ0v) is 15.7. The van der Waals surface area contributed by atoms with Gasteiger partial charge in [-0.3, -0.25) is 9.69 Å². The molecule has 0 atom stereocenters. The smallest absolute Gasteiger partial charge is 0.253 e. The van der Waals surface area contributed by atoms with E-state index < -0.39 is 0 Å². The number of amides is 1. The minimum Gasteiger partial charge on any atom is -0.337 e. The number of nitrogens with zero attached hydrogens (tertiary/aromatic N) is 2. The largest absolute Gasteiger partial charge is 0.337 e. The number of hydrogen-bond acceptors (Lipinski definition) is 2. The summed E-state index contributed by atoms with van der Waals surface area (Å²) in [7, 11) is 0. The molecule has 0 unspecified atom stereocenters. The van der Waals surface area contributed by atoms with Crippen LogP contribution in [0.5, 0.6) is 0 Å². The average Bonchev–Trinajstić information content (AvgIpc) is 2.81. The van der Waals surface area contributed by atoms with E-state index in [2.05, 4.69) is 23.1 Å². The molecule has 1 heterocycles. The van der Waals surface area contributed by atoms with Gasteiger partial charge in [0.1, 0.15) is 0 Å². The van der Waals surface area contributed by atoms with Gasteiger partial charge in [-0.05, 0) is 50.1 Å². The van der Waals surface area contributed by atoms with Crippen LogP contribution in [0, 0.1) is 13.8 Å². The second-order valence-corrected chi connectivity index (χ2v) is 7.36. The molecule has 3 rings (SSSR count). The molecular formula is C21H25ClN2O. The van der Waals surface area contributed by atoms with Crippen molar-refractivity contribution in [1.29, 1.82) is 0 Å². The third kappa shape index (κ3) is 4.83. The van der Waals surface area contributed by atoms with Gasteiger partial charge in [0.2, 0.25) is 0 Å². The molecule has 0 radical (unpaired) electrons. The van der Waals surface area contributed by atoms with Gasteiger partial charge < -0.3 is 4.90 Å². The summed E-state index contributed by atoms with van der Waals surface area (Å²) in [6, 6.07) is 14.1. The van der Waals surface area contributed by atoms with Gasteiger partial charge in [-0.2, -0.15) is 0 Å². The van der Waals surface area contributed by atoms with Crippen molar-refractivity contribution < 1.29 is 4.79 Å². The van der Waals surface area contributed by atoms with Gasteiger partial charge in [0.25, 0.3) is 5.91 Å². The summed E-state index contributed by atoms with van der Waals surface area (Å²) in [5.74, 6) is 0.153. The van der Waals surface area contributed by atoms with E-state index in [9.17, 15) is 4.79 Å². The van der Waals surface area contributed by atoms with Gasteiger partial charge in [0.15, 0.2) is 0 Å². The van der Waals surface area contributed by atoms with Crippen molar-refractivity contribution in [3.05, 3.63) is 69.7 Å². The fourth-order valence-corrected chi connectivity index (χ4v) is 3.59. The molecule has 1 aliphatic rings. The number of halogens is 1. The molecule has 132 valence electrons. The van der Waals surface area contributed by atoms with E-state index in [4.69, 9.17) is 11.6 Å². The Kier molecular flexibility index (Phi) is 5.77. The highest BCUT2D eigenvalue weighted by molar-refractivity contribution is 6.30. The van der Waals surface area contributed by atoms with E-state index in [1.54, 1.807) is 0 Å².